The maximum Gasteiger partial charge on any atom is 0.270 e. The molecule has 1 aromatic heterocycles. The zero-order valence-electron chi connectivity index (χ0n) is 12.6. The summed E-state index contributed by atoms with van der Waals surface area (Å²) in [4.78, 5) is 14.5. The molecule has 0 atom stereocenters. The van der Waals surface area contributed by atoms with Gasteiger partial charge in [0.15, 0.2) is 0 Å². The van der Waals surface area contributed by atoms with Gasteiger partial charge in [-0.25, -0.2) is 0 Å². The van der Waals surface area contributed by atoms with E-state index in [4.69, 9.17) is 16.3 Å². The number of rotatable bonds is 1. The fourth-order valence-electron chi connectivity index (χ4n) is 3.25. The number of aryl methyl sites for hydroxylation is 1. The van der Waals surface area contributed by atoms with E-state index in [0.717, 1.165) is 39.0 Å². The molecular weight excluding hydrogens is 288 g/mol. The second-order valence-corrected chi connectivity index (χ2v) is 6.54. The fraction of sp³-hybridized carbons (Fsp3) is 0.562. The molecule has 0 saturated carbocycles. The Morgan fingerprint density at radius 1 is 1.38 bits per heavy atom. The van der Waals surface area contributed by atoms with Crippen LogP contribution in [-0.2, 0) is 11.8 Å². The predicted molar refractivity (Wildman–Crippen MR) is 82.6 cm³/mol. The van der Waals surface area contributed by atoms with E-state index in [9.17, 15) is 4.79 Å². The van der Waals surface area contributed by atoms with Gasteiger partial charge in [-0.3, -0.25) is 4.79 Å². The molecular formula is C16H21ClN2O2. The van der Waals surface area contributed by atoms with Crippen LogP contribution >= 0.6 is 11.6 Å². The lowest BCUT2D eigenvalue weighted by molar-refractivity contribution is -0.0523. The largest absolute Gasteiger partial charge is 0.370 e. The lowest BCUT2D eigenvalue weighted by atomic mass is 9.87. The summed E-state index contributed by atoms with van der Waals surface area (Å²) < 4.78 is 7.79. The normalized spacial score (nSPS) is 21.5. The van der Waals surface area contributed by atoms with Gasteiger partial charge in [0, 0.05) is 26.3 Å². The monoisotopic (exact) mass is 308 g/mol. The van der Waals surface area contributed by atoms with Crippen LogP contribution in [0.15, 0.2) is 23.9 Å². The highest BCUT2D eigenvalue weighted by molar-refractivity contribution is 6.31. The molecule has 0 unspecified atom stereocenters. The molecule has 3 heterocycles. The molecule has 0 radical (unpaired) electrons. The molecule has 0 aromatic carbocycles. The molecule has 0 N–H and O–H groups in total. The number of likely N-dealkylation sites (tertiary alicyclic amines) is 1. The minimum atomic E-state index is -0.148. The Hall–Kier alpha value is -1.26. The van der Waals surface area contributed by atoms with Gasteiger partial charge >= 0.3 is 0 Å². The molecule has 2 aliphatic rings. The SMILES string of the molecule is CC1=CC2(CCN(C(=O)c3cc(Cl)cn3C)CC2)OCC1. The van der Waals surface area contributed by atoms with Gasteiger partial charge in [-0.2, -0.15) is 0 Å². The number of aromatic nitrogens is 1. The lowest BCUT2D eigenvalue weighted by Crippen LogP contribution is -2.48. The number of carbonyl (C=O) groups is 1. The van der Waals surface area contributed by atoms with Crippen molar-refractivity contribution in [3.63, 3.8) is 0 Å². The van der Waals surface area contributed by atoms with Gasteiger partial charge in [0.2, 0.25) is 0 Å². The maximum atomic E-state index is 12.6. The van der Waals surface area contributed by atoms with Crippen LogP contribution < -0.4 is 0 Å². The Bertz CT molecular complexity index is 583. The van der Waals surface area contributed by atoms with E-state index in [1.54, 1.807) is 16.8 Å². The van der Waals surface area contributed by atoms with E-state index in [0.29, 0.717) is 10.7 Å². The first kappa shape index (κ1) is 14.7. The van der Waals surface area contributed by atoms with Crippen molar-refractivity contribution in [2.45, 2.75) is 31.8 Å². The van der Waals surface area contributed by atoms with Gasteiger partial charge in [-0.15, -0.1) is 0 Å². The number of hydrogen-bond acceptors (Lipinski definition) is 2. The fourth-order valence-corrected chi connectivity index (χ4v) is 3.50. The molecule has 2 aliphatic heterocycles. The second kappa shape index (κ2) is 5.50. The number of piperidine rings is 1. The van der Waals surface area contributed by atoms with Crippen molar-refractivity contribution in [1.29, 1.82) is 0 Å². The van der Waals surface area contributed by atoms with E-state index in [1.807, 2.05) is 11.9 Å². The molecule has 1 fully saturated rings. The molecule has 1 spiro atoms. The number of ether oxygens (including phenoxy) is 1. The zero-order valence-corrected chi connectivity index (χ0v) is 13.3. The van der Waals surface area contributed by atoms with Crippen molar-refractivity contribution >= 4 is 17.5 Å². The van der Waals surface area contributed by atoms with E-state index < -0.39 is 0 Å². The molecule has 5 heteroatoms. The minimum absolute atomic E-state index is 0.0516. The Morgan fingerprint density at radius 2 is 2.10 bits per heavy atom. The molecule has 0 bridgehead atoms. The molecule has 1 amide bonds. The molecule has 4 nitrogen and oxygen atoms in total. The summed E-state index contributed by atoms with van der Waals surface area (Å²) >= 11 is 5.96. The molecule has 21 heavy (non-hydrogen) atoms. The van der Waals surface area contributed by atoms with Crippen molar-refractivity contribution in [1.82, 2.24) is 9.47 Å². The highest BCUT2D eigenvalue weighted by atomic mass is 35.5. The summed E-state index contributed by atoms with van der Waals surface area (Å²) in [6.07, 6.45) is 6.78. The van der Waals surface area contributed by atoms with E-state index in [2.05, 4.69) is 13.0 Å². The van der Waals surface area contributed by atoms with Crippen LogP contribution in [0.4, 0.5) is 0 Å². The number of carbonyl (C=O) groups excluding carboxylic acids is 1. The van der Waals surface area contributed by atoms with Gasteiger partial charge < -0.3 is 14.2 Å². The summed E-state index contributed by atoms with van der Waals surface area (Å²) in [5.41, 5.74) is 1.90. The topological polar surface area (TPSA) is 34.5 Å². The Morgan fingerprint density at radius 3 is 2.67 bits per heavy atom. The first-order chi connectivity index (χ1) is 9.99. The lowest BCUT2D eigenvalue weighted by Gasteiger charge is -2.42. The smallest absolute Gasteiger partial charge is 0.270 e. The average molecular weight is 309 g/mol. The highest BCUT2D eigenvalue weighted by Crippen LogP contribution is 2.33. The van der Waals surface area contributed by atoms with Crippen LogP contribution in [0.5, 0.6) is 0 Å². The third-order valence-corrected chi connectivity index (χ3v) is 4.69. The zero-order chi connectivity index (χ0) is 15.0. The summed E-state index contributed by atoms with van der Waals surface area (Å²) in [6, 6.07) is 1.73. The highest BCUT2D eigenvalue weighted by Gasteiger charge is 2.37. The van der Waals surface area contributed by atoms with Crippen LogP contribution in [0.1, 0.15) is 36.7 Å². The van der Waals surface area contributed by atoms with Crippen LogP contribution in [-0.4, -0.2) is 40.7 Å². The summed E-state index contributed by atoms with van der Waals surface area (Å²) in [7, 11) is 1.85. The van der Waals surface area contributed by atoms with E-state index >= 15 is 0 Å². The second-order valence-electron chi connectivity index (χ2n) is 6.10. The number of amides is 1. The molecule has 1 saturated heterocycles. The molecule has 0 aliphatic carbocycles. The third kappa shape index (κ3) is 2.87. The number of nitrogens with zero attached hydrogens (tertiary/aromatic N) is 2. The molecule has 114 valence electrons. The quantitative estimate of drug-likeness (QED) is 0.747. The van der Waals surface area contributed by atoms with Crippen molar-refractivity contribution in [2.75, 3.05) is 19.7 Å². The minimum Gasteiger partial charge on any atom is -0.370 e. The summed E-state index contributed by atoms with van der Waals surface area (Å²) in [6.45, 7) is 4.41. The third-order valence-electron chi connectivity index (χ3n) is 4.48. The van der Waals surface area contributed by atoms with Crippen molar-refractivity contribution in [2.24, 2.45) is 7.05 Å². The first-order valence-corrected chi connectivity index (χ1v) is 7.80. The van der Waals surface area contributed by atoms with Gasteiger partial charge in [0.05, 0.1) is 17.2 Å². The Kier molecular flexibility index (Phi) is 3.84. The van der Waals surface area contributed by atoms with E-state index in [-0.39, 0.29) is 11.5 Å². The predicted octanol–water partition coefficient (Wildman–Crippen LogP) is 3.02. The van der Waals surface area contributed by atoms with Gasteiger partial charge in [-0.05, 0) is 32.3 Å². The van der Waals surface area contributed by atoms with Crippen LogP contribution in [0, 0.1) is 0 Å². The van der Waals surface area contributed by atoms with Crippen LogP contribution in [0.3, 0.4) is 0 Å². The molecule has 3 rings (SSSR count). The average Bonchev–Trinajstić information content (AvgIpc) is 2.78. The van der Waals surface area contributed by atoms with Crippen LogP contribution in [0.2, 0.25) is 5.02 Å². The van der Waals surface area contributed by atoms with Gasteiger partial charge in [-0.1, -0.05) is 23.3 Å². The van der Waals surface area contributed by atoms with Gasteiger partial charge in [0.25, 0.3) is 5.91 Å². The Balaban J connectivity index is 1.70. The standard InChI is InChI=1S/C16H21ClN2O2/c1-12-3-8-21-16(10-12)4-6-19(7-5-16)15(20)14-9-13(17)11-18(14)2/h9-11H,3-8H2,1-2H3. The van der Waals surface area contributed by atoms with Crippen molar-refractivity contribution in [3.8, 4) is 0 Å². The maximum absolute atomic E-state index is 12.6. The number of hydrogen-bond donors (Lipinski definition) is 0. The van der Waals surface area contributed by atoms with Crippen LogP contribution in [0.25, 0.3) is 0 Å². The van der Waals surface area contributed by atoms with E-state index in [1.165, 1.54) is 5.57 Å². The van der Waals surface area contributed by atoms with Gasteiger partial charge in [0.1, 0.15) is 5.69 Å². The Labute approximate surface area is 130 Å². The summed E-state index contributed by atoms with van der Waals surface area (Å²) in [5.74, 6) is 0.0516. The number of halogens is 1. The first-order valence-electron chi connectivity index (χ1n) is 7.43. The van der Waals surface area contributed by atoms with Crippen molar-refractivity contribution in [3.05, 3.63) is 34.6 Å². The summed E-state index contributed by atoms with van der Waals surface area (Å²) in [5, 5.41) is 0.600. The molecule has 1 aromatic rings. The van der Waals surface area contributed by atoms with Crippen molar-refractivity contribution < 1.29 is 9.53 Å².